The van der Waals surface area contributed by atoms with Gasteiger partial charge in [-0.05, 0) is 68.3 Å². The van der Waals surface area contributed by atoms with Crippen LogP contribution in [-0.2, 0) is 10.0 Å². The van der Waals surface area contributed by atoms with Crippen LogP contribution in [0, 0.1) is 13.8 Å². The van der Waals surface area contributed by atoms with Crippen LogP contribution in [0.3, 0.4) is 0 Å². The highest BCUT2D eigenvalue weighted by Crippen LogP contribution is 2.26. The van der Waals surface area contributed by atoms with Crippen LogP contribution in [0.1, 0.15) is 18.1 Å². The molecule has 0 saturated carbocycles. The van der Waals surface area contributed by atoms with Gasteiger partial charge in [-0.1, -0.05) is 15.9 Å². The molecule has 0 atom stereocenters. The van der Waals surface area contributed by atoms with Crippen LogP contribution in [0.25, 0.3) is 0 Å². The third kappa shape index (κ3) is 3.81. The molecule has 0 fully saturated rings. The Hall–Kier alpha value is -1.53. The van der Waals surface area contributed by atoms with Gasteiger partial charge >= 0.3 is 0 Å². The molecular weight excluding hydrogens is 366 g/mol. The van der Waals surface area contributed by atoms with E-state index in [-0.39, 0.29) is 4.90 Å². The summed E-state index contributed by atoms with van der Waals surface area (Å²) >= 11 is 3.36. The normalized spacial score (nSPS) is 11.3. The highest BCUT2D eigenvalue weighted by molar-refractivity contribution is 9.10. The van der Waals surface area contributed by atoms with Crippen molar-refractivity contribution in [1.29, 1.82) is 0 Å². The maximum atomic E-state index is 12.5. The van der Waals surface area contributed by atoms with Crippen molar-refractivity contribution in [3.05, 3.63) is 52.0 Å². The Kier molecular flexibility index (Phi) is 5.13. The average Bonchev–Trinajstić information content (AvgIpc) is 2.44. The summed E-state index contributed by atoms with van der Waals surface area (Å²) in [5.74, 6) is 0.696. The predicted molar refractivity (Wildman–Crippen MR) is 92.0 cm³/mol. The molecule has 0 saturated heterocycles. The zero-order valence-electron chi connectivity index (χ0n) is 12.7. The molecule has 0 radical (unpaired) electrons. The first-order valence-corrected chi connectivity index (χ1v) is 9.13. The van der Waals surface area contributed by atoms with Gasteiger partial charge in [0.25, 0.3) is 10.0 Å². The van der Waals surface area contributed by atoms with Crippen LogP contribution in [-0.4, -0.2) is 15.0 Å². The molecule has 6 heteroatoms. The number of benzene rings is 2. The minimum atomic E-state index is -3.62. The van der Waals surface area contributed by atoms with Gasteiger partial charge in [0, 0.05) is 4.47 Å². The molecule has 0 spiro atoms. The van der Waals surface area contributed by atoms with E-state index in [1.54, 1.807) is 30.3 Å². The average molecular weight is 384 g/mol. The molecule has 0 unspecified atom stereocenters. The molecule has 22 heavy (non-hydrogen) atoms. The first kappa shape index (κ1) is 16.8. The highest BCUT2D eigenvalue weighted by Gasteiger charge is 2.16. The number of ether oxygens (including phenoxy) is 1. The number of nitrogens with one attached hydrogen (secondary N) is 1. The molecule has 0 bridgehead atoms. The molecule has 4 nitrogen and oxygen atoms in total. The molecule has 1 N–H and O–H groups in total. The molecule has 2 aromatic carbocycles. The monoisotopic (exact) mass is 383 g/mol. The fraction of sp³-hybridized carbons (Fsp3) is 0.250. The van der Waals surface area contributed by atoms with Crippen molar-refractivity contribution >= 4 is 31.6 Å². The predicted octanol–water partition coefficient (Wildman–Crippen LogP) is 4.27. The summed E-state index contributed by atoms with van der Waals surface area (Å²) in [5, 5.41) is 0. The topological polar surface area (TPSA) is 55.4 Å². The quantitative estimate of drug-likeness (QED) is 0.838. The Balaban J connectivity index is 2.32. The number of halogens is 1. The fourth-order valence-electron chi connectivity index (χ4n) is 2.05. The summed E-state index contributed by atoms with van der Waals surface area (Å²) in [6.45, 7) is 6.12. The molecule has 118 valence electrons. The first-order chi connectivity index (χ1) is 10.3. The van der Waals surface area contributed by atoms with E-state index in [0.717, 1.165) is 15.6 Å². The third-order valence-corrected chi connectivity index (χ3v) is 5.05. The lowest BCUT2D eigenvalue weighted by Gasteiger charge is -2.13. The fourth-order valence-corrected chi connectivity index (χ4v) is 3.74. The number of hydrogen-bond donors (Lipinski definition) is 1. The van der Waals surface area contributed by atoms with Crippen molar-refractivity contribution in [1.82, 2.24) is 0 Å². The van der Waals surface area contributed by atoms with E-state index in [0.29, 0.717) is 18.0 Å². The molecule has 0 aromatic heterocycles. The first-order valence-electron chi connectivity index (χ1n) is 6.86. The Morgan fingerprint density at radius 2 is 1.82 bits per heavy atom. The van der Waals surface area contributed by atoms with Crippen LogP contribution >= 0.6 is 15.9 Å². The van der Waals surface area contributed by atoms with Crippen molar-refractivity contribution in [2.45, 2.75) is 25.7 Å². The van der Waals surface area contributed by atoms with Crippen molar-refractivity contribution in [2.24, 2.45) is 0 Å². The molecule has 2 rings (SSSR count). The van der Waals surface area contributed by atoms with Crippen molar-refractivity contribution < 1.29 is 13.2 Å². The largest absolute Gasteiger partial charge is 0.494 e. The van der Waals surface area contributed by atoms with Crippen LogP contribution in [0.5, 0.6) is 5.75 Å². The summed E-state index contributed by atoms with van der Waals surface area (Å²) in [4.78, 5) is 0.218. The Morgan fingerprint density at radius 3 is 2.41 bits per heavy atom. The lowest BCUT2D eigenvalue weighted by atomic mass is 10.2. The number of aryl methyl sites for hydroxylation is 2. The zero-order valence-corrected chi connectivity index (χ0v) is 15.1. The van der Waals surface area contributed by atoms with E-state index in [2.05, 4.69) is 20.7 Å². The zero-order chi connectivity index (χ0) is 16.3. The van der Waals surface area contributed by atoms with E-state index in [4.69, 9.17) is 4.74 Å². The summed E-state index contributed by atoms with van der Waals surface area (Å²) in [7, 11) is -3.62. The molecule has 0 heterocycles. The molecule has 2 aromatic rings. The minimum absolute atomic E-state index is 0.218. The maximum absolute atomic E-state index is 12.5. The molecule has 0 aliphatic carbocycles. The van der Waals surface area contributed by atoms with Crippen LogP contribution in [0.4, 0.5) is 5.69 Å². The van der Waals surface area contributed by atoms with Crippen molar-refractivity contribution in [2.75, 3.05) is 11.3 Å². The lowest BCUT2D eigenvalue weighted by molar-refractivity contribution is 0.337. The summed E-state index contributed by atoms with van der Waals surface area (Å²) in [5.41, 5.74) is 2.20. The second kappa shape index (κ2) is 6.71. The SMILES string of the molecule is CCOc1ccc(S(=O)(=O)Nc2ccc(Br)cc2C)cc1C. The summed E-state index contributed by atoms with van der Waals surface area (Å²) < 4.78 is 34.0. The van der Waals surface area contributed by atoms with Gasteiger partial charge in [-0.25, -0.2) is 8.42 Å². The number of anilines is 1. The van der Waals surface area contributed by atoms with Gasteiger partial charge in [0.15, 0.2) is 0 Å². The van der Waals surface area contributed by atoms with E-state index in [1.165, 1.54) is 0 Å². The van der Waals surface area contributed by atoms with E-state index in [9.17, 15) is 8.42 Å². The Morgan fingerprint density at radius 1 is 1.09 bits per heavy atom. The second-order valence-corrected chi connectivity index (χ2v) is 7.52. The molecule has 0 aliphatic rings. The number of hydrogen-bond acceptors (Lipinski definition) is 3. The van der Waals surface area contributed by atoms with Gasteiger partial charge in [-0.3, -0.25) is 4.72 Å². The van der Waals surface area contributed by atoms with Crippen molar-refractivity contribution in [3.63, 3.8) is 0 Å². The van der Waals surface area contributed by atoms with Crippen LogP contribution in [0.2, 0.25) is 0 Å². The van der Waals surface area contributed by atoms with Gasteiger partial charge in [0.05, 0.1) is 17.2 Å². The Labute approximate surface area is 139 Å². The van der Waals surface area contributed by atoms with E-state index in [1.807, 2.05) is 26.8 Å². The standard InChI is InChI=1S/C16H18BrNO3S/c1-4-21-16-8-6-14(10-12(16)3)22(19,20)18-15-7-5-13(17)9-11(15)2/h5-10,18H,4H2,1-3H3. The van der Waals surface area contributed by atoms with E-state index < -0.39 is 10.0 Å². The summed E-state index contributed by atoms with van der Waals surface area (Å²) in [6.07, 6.45) is 0. The van der Waals surface area contributed by atoms with Gasteiger partial charge < -0.3 is 4.74 Å². The smallest absolute Gasteiger partial charge is 0.261 e. The van der Waals surface area contributed by atoms with Gasteiger partial charge in [0.1, 0.15) is 5.75 Å². The number of sulfonamides is 1. The Bertz CT molecular complexity index is 788. The van der Waals surface area contributed by atoms with Crippen LogP contribution in [0.15, 0.2) is 45.8 Å². The van der Waals surface area contributed by atoms with Gasteiger partial charge in [0.2, 0.25) is 0 Å². The minimum Gasteiger partial charge on any atom is -0.494 e. The van der Waals surface area contributed by atoms with Gasteiger partial charge in [-0.15, -0.1) is 0 Å². The van der Waals surface area contributed by atoms with Gasteiger partial charge in [-0.2, -0.15) is 0 Å². The van der Waals surface area contributed by atoms with E-state index >= 15 is 0 Å². The number of rotatable bonds is 5. The maximum Gasteiger partial charge on any atom is 0.261 e. The molecule has 0 aliphatic heterocycles. The van der Waals surface area contributed by atoms with Crippen LogP contribution < -0.4 is 9.46 Å². The third-order valence-electron chi connectivity index (χ3n) is 3.19. The molecule has 0 amide bonds. The molecular formula is C16H18BrNO3S. The van der Waals surface area contributed by atoms with Crippen molar-refractivity contribution in [3.8, 4) is 5.75 Å². The lowest BCUT2D eigenvalue weighted by Crippen LogP contribution is -2.14. The second-order valence-electron chi connectivity index (χ2n) is 4.93. The highest BCUT2D eigenvalue weighted by atomic mass is 79.9. The summed E-state index contributed by atoms with van der Waals surface area (Å²) in [6, 6.07) is 10.2.